The number of aromatic nitrogens is 1. The van der Waals surface area contributed by atoms with Crippen LogP contribution in [0.25, 0.3) is 0 Å². The zero-order chi connectivity index (χ0) is 23.0. The number of pyridine rings is 1. The van der Waals surface area contributed by atoms with E-state index in [0.29, 0.717) is 5.92 Å². The fraction of sp³-hybridized carbons (Fsp3) is 0.739. The molecule has 2 aliphatic rings. The highest BCUT2D eigenvalue weighted by Gasteiger charge is 2.56. The lowest BCUT2D eigenvalue weighted by Crippen LogP contribution is -2.48. The van der Waals surface area contributed by atoms with E-state index in [1.54, 1.807) is 0 Å². The van der Waals surface area contributed by atoms with Crippen LogP contribution in [0.5, 0.6) is 0 Å². The third kappa shape index (κ3) is 5.34. The van der Waals surface area contributed by atoms with E-state index in [1.807, 2.05) is 33.2 Å². The third-order valence-electron chi connectivity index (χ3n) is 6.65. The Labute approximate surface area is 187 Å². The van der Waals surface area contributed by atoms with Gasteiger partial charge in [0.25, 0.3) is 0 Å². The highest BCUT2D eigenvalue weighted by atomic mass is 16.7. The molecule has 0 aliphatic carbocycles. The number of nitrogens with zero attached hydrogens (tertiary/aromatic N) is 2. The van der Waals surface area contributed by atoms with Crippen molar-refractivity contribution in [3.05, 3.63) is 18.5 Å². The van der Waals surface area contributed by atoms with Crippen LogP contribution in [0.2, 0.25) is 0 Å². The van der Waals surface area contributed by atoms with Crippen molar-refractivity contribution in [2.75, 3.05) is 18.0 Å². The molecule has 2 fully saturated rings. The first kappa shape index (κ1) is 23.9. The second kappa shape index (κ2) is 8.62. The van der Waals surface area contributed by atoms with Gasteiger partial charge in [0.2, 0.25) is 0 Å². The van der Waals surface area contributed by atoms with Crippen LogP contribution in [0.3, 0.4) is 0 Å². The van der Waals surface area contributed by atoms with Gasteiger partial charge in [-0.05, 0) is 66.4 Å². The molecule has 2 aliphatic heterocycles. The lowest BCUT2D eigenvalue weighted by molar-refractivity contribution is -0.0435. The van der Waals surface area contributed by atoms with Gasteiger partial charge in [-0.25, -0.2) is 4.79 Å². The van der Waals surface area contributed by atoms with E-state index < -0.39 is 18.3 Å². The van der Waals surface area contributed by atoms with E-state index in [-0.39, 0.29) is 17.7 Å². The van der Waals surface area contributed by atoms with Crippen LogP contribution in [0.15, 0.2) is 18.5 Å². The molecule has 0 aromatic carbocycles. The number of carbonyl (C=O) groups is 1. The molecule has 0 radical (unpaired) electrons. The predicted molar refractivity (Wildman–Crippen MR) is 124 cm³/mol. The third-order valence-corrected chi connectivity index (χ3v) is 6.65. The summed E-state index contributed by atoms with van der Waals surface area (Å²) in [4.78, 5) is 18.8. The minimum Gasteiger partial charge on any atom is -0.444 e. The molecule has 1 N–H and O–H groups in total. The maximum Gasteiger partial charge on any atom is 0.496 e. The zero-order valence-electron chi connectivity index (χ0n) is 20.3. The van der Waals surface area contributed by atoms with Crippen LogP contribution >= 0.6 is 0 Å². The standard InChI is InChI=1S/C23H38BN3O4/c1-16(2)23(8)22(6,7)30-24(31-23)17-13-19(15-25-14-17)27-11-9-18(10-12-27)26-20(28)29-21(3,4)5/h13-16,18H,9-12H2,1-8H3,(H,26,28). The summed E-state index contributed by atoms with van der Waals surface area (Å²) >= 11 is 0. The molecule has 31 heavy (non-hydrogen) atoms. The van der Waals surface area contributed by atoms with E-state index in [1.165, 1.54) is 0 Å². The van der Waals surface area contributed by atoms with Gasteiger partial charge in [-0.15, -0.1) is 0 Å². The summed E-state index contributed by atoms with van der Waals surface area (Å²) in [6.45, 7) is 17.9. The summed E-state index contributed by atoms with van der Waals surface area (Å²) in [5.74, 6) is 0.320. The number of ether oxygens (including phenoxy) is 1. The lowest BCUT2D eigenvalue weighted by atomic mass is 9.78. The number of anilines is 1. The van der Waals surface area contributed by atoms with E-state index >= 15 is 0 Å². The molecule has 0 saturated carbocycles. The first-order chi connectivity index (χ1) is 14.3. The highest BCUT2D eigenvalue weighted by molar-refractivity contribution is 6.62. The Bertz CT molecular complexity index is 787. The van der Waals surface area contributed by atoms with Crippen molar-refractivity contribution < 1.29 is 18.8 Å². The minimum absolute atomic E-state index is 0.122. The number of rotatable bonds is 4. The Morgan fingerprint density at radius 3 is 2.42 bits per heavy atom. The normalized spacial score (nSPS) is 24.5. The second-order valence-corrected chi connectivity index (χ2v) is 10.7. The van der Waals surface area contributed by atoms with Gasteiger partial charge >= 0.3 is 13.2 Å². The van der Waals surface area contributed by atoms with E-state index in [0.717, 1.165) is 37.1 Å². The molecular weight excluding hydrogens is 393 g/mol. The van der Waals surface area contributed by atoms with Crippen molar-refractivity contribution in [1.82, 2.24) is 10.3 Å². The Morgan fingerprint density at radius 1 is 1.23 bits per heavy atom. The lowest BCUT2D eigenvalue weighted by Gasteiger charge is -2.39. The van der Waals surface area contributed by atoms with Crippen molar-refractivity contribution in [2.45, 2.75) is 91.1 Å². The number of hydrogen-bond donors (Lipinski definition) is 1. The first-order valence-electron chi connectivity index (χ1n) is 11.4. The molecule has 8 heteroatoms. The van der Waals surface area contributed by atoms with Gasteiger partial charge < -0.3 is 24.3 Å². The average molecular weight is 431 g/mol. The van der Waals surface area contributed by atoms with Gasteiger partial charge in [0, 0.05) is 30.8 Å². The molecule has 1 atom stereocenters. The average Bonchev–Trinajstić information content (AvgIpc) is 2.91. The summed E-state index contributed by atoms with van der Waals surface area (Å²) < 4.78 is 18.1. The molecule has 0 bridgehead atoms. The highest BCUT2D eigenvalue weighted by Crippen LogP contribution is 2.42. The maximum absolute atomic E-state index is 12.0. The molecule has 1 unspecified atom stereocenters. The van der Waals surface area contributed by atoms with Crippen molar-refractivity contribution in [3.8, 4) is 0 Å². The zero-order valence-corrected chi connectivity index (χ0v) is 20.3. The number of carbonyl (C=O) groups excluding carboxylic acids is 1. The molecule has 172 valence electrons. The van der Waals surface area contributed by atoms with Gasteiger partial charge in [-0.1, -0.05) is 13.8 Å². The van der Waals surface area contributed by atoms with Crippen LogP contribution in [0.4, 0.5) is 10.5 Å². The van der Waals surface area contributed by atoms with Crippen molar-refractivity contribution in [1.29, 1.82) is 0 Å². The number of amides is 1. The molecule has 1 aromatic rings. The van der Waals surface area contributed by atoms with E-state index in [4.69, 9.17) is 14.0 Å². The van der Waals surface area contributed by atoms with Crippen LogP contribution in [0, 0.1) is 5.92 Å². The maximum atomic E-state index is 12.0. The molecule has 7 nitrogen and oxygen atoms in total. The van der Waals surface area contributed by atoms with Crippen molar-refractivity contribution in [3.63, 3.8) is 0 Å². The molecule has 2 saturated heterocycles. The summed E-state index contributed by atoms with van der Waals surface area (Å²) in [5.41, 5.74) is 0.731. The molecule has 3 heterocycles. The summed E-state index contributed by atoms with van der Waals surface area (Å²) in [6, 6.07) is 2.23. The van der Waals surface area contributed by atoms with Crippen LogP contribution in [-0.2, 0) is 14.0 Å². The van der Waals surface area contributed by atoms with Crippen LogP contribution in [0.1, 0.15) is 68.2 Å². The molecule has 3 rings (SSSR count). The minimum atomic E-state index is -0.485. The fourth-order valence-electron chi connectivity index (χ4n) is 4.24. The number of nitrogens with one attached hydrogen (secondary N) is 1. The predicted octanol–water partition coefficient (Wildman–Crippen LogP) is 3.51. The van der Waals surface area contributed by atoms with Gasteiger partial charge in [0.1, 0.15) is 5.60 Å². The molecular formula is C23H38BN3O4. The number of alkyl carbamates (subject to hydrolysis) is 1. The van der Waals surface area contributed by atoms with Crippen molar-refractivity contribution in [2.24, 2.45) is 5.92 Å². The second-order valence-electron chi connectivity index (χ2n) is 10.7. The topological polar surface area (TPSA) is 72.9 Å². The first-order valence-corrected chi connectivity index (χ1v) is 11.4. The summed E-state index contributed by atoms with van der Waals surface area (Å²) in [7, 11) is -0.429. The van der Waals surface area contributed by atoms with Crippen molar-refractivity contribution >= 4 is 24.4 Å². The number of piperidine rings is 1. The number of hydrogen-bond acceptors (Lipinski definition) is 6. The Morgan fingerprint density at radius 2 is 1.87 bits per heavy atom. The van der Waals surface area contributed by atoms with Crippen LogP contribution in [-0.4, -0.2) is 54.1 Å². The monoisotopic (exact) mass is 431 g/mol. The largest absolute Gasteiger partial charge is 0.496 e. The quantitative estimate of drug-likeness (QED) is 0.736. The van der Waals surface area contributed by atoms with Gasteiger partial charge in [0.05, 0.1) is 23.1 Å². The van der Waals surface area contributed by atoms with Gasteiger partial charge in [-0.2, -0.15) is 0 Å². The van der Waals surface area contributed by atoms with Gasteiger partial charge in [0.15, 0.2) is 0 Å². The molecule has 1 amide bonds. The van der Waals surface area contributed by atoms with E-state index in [2.05, 4.69) is 55.9 Å². The molecule has 1 aromatic heterocycles. The SMILES string of the molecule is CC(C)C1(C)OB(c2cncc(N3CCC(NC(=O)OC(C)(C)C)CC3)c2)OC1(C)C. The Balaban J connectivity index is 1.61. The van der Waals surface area contributed by atoms with Crippen LogP contribution < -0.4 is 15.7 Å². The Kier molecular flexibility index (Phi) is 6.64. The van der Waals surface area contributed by atoms with E-state index in [9.17, 15) is 4.79 Å². The summed E-state index contributed by atoms with van der Waals surface area (Å²) in [5, 5.41) is 2.99. The Hall–Kier alpha value is -1.80. The summed E-state index contributed by atoms with van der Waals surface area (Å²) in [6.07, 6.45) is 5.08. The molecule has 0 spiro atoms. The van der Waals surface area contributed by atoms with Gasteiger partial charge in [-0.3, -0.25) is 4.98 Å². The smallest absolute Gasteiger partial charge is 0.444 e. The fourth-order valence-corrected chi connectivity index (χ4v) is 4.24.